The van der Waals surface area contributed by atoms with E-state index in [1.54, 1.807) is 0 Å². The minimum atomic E-state index is -1.31. The molecule has 3 heteroatoms. The zero-order valence-electron chi connectivity index (χ0n) is 9.69. The largest absolute Gasteiger partial charge is 0.418 e. The van der Waals surface area contributed by atoms with Gasteiger partial charge in [-0.05, 0) is 26.6 Å². The van der Waals surface area contributed by atoms with Gasteiger partial charge < -0.3 is 4.43 Å². The third kappa shape index (κ3) is 4.43. The highest BCUT2D eigenvalue weighted by Crippen LogP contribution is 2.19. The lowest BCUT2D eigenvalue weighted by Gasteiger charge is -2.33. The Balaban J connectivity index is 4.13. The van der Waals surface area contributed by atoms with Crippen molar-refractivity contribution in [1.82, 2.24) is 0 Å². The van der Waals surface area contributed by atoms with E-state index in [-0.39, 0.29) is 0 Å². The van der Waals surface area contributed by atoms with E-state index >= 15 is 0 Å². The Bertz CT molecular complexity index is 138. The first-order valence-electron chi connectivity index (χ1n) is 4.87. The van der Waals surface area contributed by atoms with Crippen molar-refractivity contribution in [3.8, 4) is 0 Å². The van der Waals surface area contributed by atoms with Crippen LogP contribution in [0.15, 0.2) is 0 Å². The number of hydrogen-bond donors (Lipinski definition) is 0. The van der Waals surface area contributed by atoms with Crippen LogP contribution < -0.4 is 0 Å². The standard InChI is InChI=1S/C9H24OSi2/c1-8-12(6,7)9(2)10-11(3,4)5/h9H,8H2,1-7H3. The van der Waals surface area contributed by atoms with Gasteiger partial charge in [-0.1, -0.05) is 26.1 Å². The van der Waals surface area contributed by atoms with Crippen LogP contribution in [0.25, 0.3) is 0 Å². The molecule has 0 aliphatic carbocycles. The third-order valence-corrected chi connectivity index (χ3v) is 7.98. The predicted molar refractivity (Wildman–Crippen MR) is 61.9 cm³/mol. The molecule has 0 bridgehead atoms. The van der Waals surface area contributed by atoms with Crippen molar-refractivity contribution in [2.45, 2.75) is 58.4 Å². The van der Waals surface area contributed by atoms with Crippen LogP contribution in [-0.4, -0.2) is 22.1 Å². The van der Waals surface area contributed by atoms with E-state index in [2.05, 4.69) is 46.6 Å². The molecule has 0 saturated carbocycles. The molecule has 1 atom stereocenters. The van der Waals surface area contributed by atoms with Crippen LogP contribution in [-0.2, 0) is 4.43 Å². The Morgan fingerprint density at radius 2 is 1.50 bits per heavy atom. The molecule has 0 radical (unpaired) electrons. The molecule has 0 aromatic rings. The molecular weight excluding hydrogens is 180 g/mol. The predicted octanol–water partition coefficient (Wildman–Crippen LogP) is 3.49. The van der Waals surface area contributed by atoms with Crippen LogP contribution in [0.2, 0.25) is 38.8 Å². The molecule has 0 heterocycles. The van der Waals surface area contributed by atoms with Crippen LogP contribution in [0.5, 0.6) is 0 Å². The molecule has 1 unspecified atom stereocenters. The molecule has 0 spiro atoms. The topological polar surface area (TPSA) is 9.23 Å². The van der Waals surface area contributed by atoms with Gasteiger partial charge in [0.1, 0.15) is 0 Å². The second-order valence-corrected chi connectivity index (χ2v) is 15.2. The van der Waals surface area contributed by atoms with Gasteiger partial charge in [-0.3, -0.25) is 0 Å². The van der Waals surface area contributed by atoms with Crippen LogP contribution in [0, 0.1) is 0 Å². The van der Waals surface area contributed by atoms with Crippen molar-refractivity contribution >= 4 is 16.4 Å². The summed E-state index contributed by atoms with van der Waals surface area (Å²) in [5.41, 5.74) is 0.522. The van der Waals surface area contributed by atoms with Crippen molar-refractivity contribution in [3.05, 3.63) is 0 Å². The summed E-state index contributed by atoms with van der Waals surface area (Å²) in [7, 11) is -2.39. The fourth-order valence-electron chi connectivity index (χ4n) is 0.977. The van der Waals surface area contributed by atoms with Crippen molar-refractivity contribution in [2.75, 3.05) is 0 Å². The minimum Gasteiger partial charge on any atom is -0.418 e. The second kappa shape index (κ2) is 4.07. The molecule has 0 aromatic carbocycles. The van der Waals surface area contributed by atoms with Crippen molar-refractivity contribution in [1.29, 1.82) is 0 Å². The Labute approximate surface area is 79.7 Å². The fraction of sp³-hybridized carbons (Fsp3) is 1.00. The SMILES string of the molecule is CC[Si](C)(C)C(C)O[Si](C)(C)C. The van der Waals surface area contributed by atoms with Gasteiger partial charge in [0.05, 0.1) is 8.07 Å². The third-order valence-electron chi connectivity index (χ3n) is 2.54. The lowest BCUT2D eigenvalue weighted by molar-refractivity contribution is 0.281. The molecule has 0 amide bonds. The number of hydrogen-bond acceptors (Lipinski definition) is 1. The van der Waals surface area contributed by atoms with Crippen LogP contribution in [0.3, 0.4) is 0 Å². The summed E-state index contributed by atoms with van der Waals surface area (Å²) >= 11 is 0. The van der Waals surface area contributed by atoms with E-state index in [0.717, 1.165) is 0 Å². The monoisotopic (exact) mass is 204 g/mol. The van der Waals surface area contributed by atoms with Crippen LogP contribution in [0.4, 0.5) is 0 Å². The first kappa shape index (κ1) is 12.4. The van der Waals surface area contributed by atoms with Gasteiger partial charge in [0, 0.05) is 5.73 Å². The Morgan fingerprint density at radius 3 is 1.75 bits per heavy atom. The van der Waals surface area contributed by atoms with Gasteiger partial charge in [0.15, 0.2) is 8.32 Å². The highest BCUT2D eigenvalue weighted by atomic mass is 28.4. The lowest BCUT2D eigenvalue weighted by atomic mass is 10.9. The maximum Gasteiger partial charge on any atom is 0.183 e. The maximum atomic E-state index is 6.09. The maximum absolute atomic E-state index is 6.09. The van der Waals surface area contributed by atoms with E-state index in [1.807, 2.05) is 0 Å². The summed E-state index contributed by atoms with van der Waals surface area (Å²) in [5, 5.41) is 0. The Hall–Kier alpha value is 0.394. The van der Waals surface area contributed by atoms with E-state index in [0.29, 0.717) is 5.73 Å². The van der Waals surface area contributed by atoms with E-state index in [1.165, 1.54) is 6.04 Å². The van der Waals surface area contributed by atoms with E-state index in [4.69, 9.17) is 4.43 Å². The van der Waals surface area contributed by atoms with E-state index < -0.39 is 16.4 Å². The molecule has 0 N–H and O–H groups in total. The summed E-state index contributed by atoms with van der Waals surface area (Å²) in [6.45, 7) is 16.2. The highest BCUT2D eigenvalue weighted by molar-refractivity contribution is 6.80. The lowest BCUT2D eigenvalue weighted by Crippen LogP contribution is -2.46. The van der Waals surface area contributed by atoms with E-state index in [9.17, 15) is 0 Å². The normalized spacial score (nSPS) is 16.2. The zero-order valence-corrected chi connectivity index (χ0v) is 11.7. The molecule has 0 aliphatic rings. The van der Waals surface area contributed by atoms with Crippen molar-refractivity contribution in [2.24, 2.45) is 0 Å². The smallest absolute Gasteiger partial charge is 0.183 e. The molecule has 0 aromatic heterocycles. The Kier molecular flexibility index (Phi) is 4.20. The average molecular weight is 204 g/mol. The van der Waals surface area contributed by atoms with Gasteiger partial charge in [-0.15, -0.1) is 0 Å². The minimum absolute atomic E-state index is 0.522. The average Bonchev–Trinajstić information content (AvgIpc) is 1.84. The molecule has 0 fully saturated rings. The molecule has 12 heavy (non-hydrogen) atoms. The van der Waals surface area contributed by atoms with Gasteiger partial charge in [0.2, 0.25) is 0 Å². The van der Waals surface area contributed by atoms with Gasteiger partial charge in [0.25, 0.3) is 0 Å². The molecule has 1 nitrogen and oxygen atoms in total. The highest BCUT2D eigenvalue weighted by Gasteiger charge is 2.30. The van der Waals surface area contributed by atoms with Crippen molar-refractivity contribution < 1.29 is 4.43 Å². The summed E-state index contributed by atoms with van der Waals surface area (Å²) in [6.07, 6.45) is 0. The van der Waals surface area contributed by atoms with Gasteiger partial charge >= 0.3 is 0 Å². The molecule has 0 saturated heterocycles. The summed E-state index contributed by atoms with van der Waals surface area (Å²) in [5.74, 6) is 0. The fourth-order valence-corrected chi connectivity index (χ4v) is 4.95. The summed E-state index contributed by atoms with van der Waals surface area (Å²) < 4.78 is 6.09. The van der Waals surface area contributed by atoms with Crippen LogP contribution >= 0.6 is 0 Å². The Morgan fingerprint density at radius 1 is 1.08 bits per heavy atom. The van der Waals surface area contributed by atoms with Gasteiger partial charge in [-0.25, -0.2) is 0 Å². The second-order valence-electron chi connectivity index (χ2n) is 5.21. The molecular formula is C9H24OSi2. The van der Waals surface area contributed by atoms with Crippen molar-refractivity contribution in [3.63, 3.8) is 0 Å². The summed E-state index contributed by atoms with van der Waals surface area (Å²) in [6, 6.07) is 1.32. The quantitative estimate of drug-likeness (QED) is 0.637. The summed E-state index contributed by atoms with van der Waals surface area (Å²) in [4.78, 5) is 0. The number of rotatable bonds is 4. The zero-order chi connectivity index (χ0) is 9.99. The van der Waals surface area contributed by atoms with Crippen LogP contribution in [0.1, 0.15) is 13.8 Å². The molecule has 0 aliphatic heterocycles. The first-order chi connectivity index (χ1) is 5.19. The molecule has 0 rings (SSSR count). The molecule has 74 valence electrons. The van der Waals surface area contributed by atoms with Gasteiger partial charge in [-0.2, -0.15) is 0 Å². The first-order valence-corrected chi connectivity index (χ1v) is 11.6.